The number of carbonyl (C=O) groups is 1. The fraction of sp³-hybridized carbons (Fsp3) is 0.786. The summed E-state index contributed by atoms with van der Waals surface area (Å²) in [7, 11) is -4.79. The predicted octanol–water partition coefficient (Wildman–Crippen LogP) is -0.0379. The highest BCUT2D eigenvalue weighted by atomic mass is 32.3. The molecule has 4 N–H and O–H groups in total. The van der Waals surface area contributed by atoms with E-state index >= 15 is 0 Å². The van der Waals surface area contributed by atoms with Crippen LogP contribution < -0.4 is 11.1 Å². The molecule has 0 aromatic carbocycles. The van der Waals surface area contributed by atoms with Crippen LogP contribution in [0.15, 0.2) is 4.42 Å². The van der Waals surface area contributed by atoms with Crippen molar-refractivity contribution in [2.75, 3.05) is 13.1 Å². The predicted molar refractivity (Wildman–Crippen MR) is 91.2 cm³/mol. The Kier molecular flexibility index (Phi) is 5.95. The smallest absolute Gasteiger partial charge is 0.418 e. The van der Waals surface area contributed by atoms with E-state index in [2.05, 4.69) is 19.8 Å². The summed E-state index contributed by atoms with van der Waals surface area (Å²) in [6.07, 6.45) is 2.73. The van der Waals surface area contributed by atoms with Gasteiger partial charge in [0, 0.05) is 18.6 Å². The van der Waals surface area contributed by atoms with Gasteiger partial charge in [0.15, 0.2) is 0 Å². The van der Waals surface area contributed by atoms with Crippen molar-refractivity contribution in [2.24, 2.45) is 5.73 Å². The van der Waals surface area contributed by atoms with Crippen molar-refractivity contribution in [2.45, 2.75) is 57.3 Å². The largest absolute Gasteiger partial charge is 0.422 e. The van der Waals surface area contributed by atoms with Crippen molar-refractivity contribution in [3.63, 3.8) is 0 Å². The monoisotopic (exact) mass is 404 g/mol. The summed E-state index contributed by atoms with van der Waals surface area (Å²) < 4.78 is 40.8. The first-order valence-corrected chi connectivity index (χ1v) is 10.2. The minimum atomic E-state index is -4.79. The van der Waals surface area contributed by atoms with E-state index in [1.807, 2.05) is 0 Å². The number of carbonyl (C=O) groups excluding carboxylic acids is 1. The van der Waals surface area contributed by atoms with Gasteiger partial charge in [0.25, 0.3) is 0 Å². The number of amides is 2. The molecule has 1 aromatic heterocycles. The third kappa shape index (κ3) is 4.93. The van der Waals surface area contributed by atoms with Gasteiger partial charge in [-0.3, -0.25) is 4.55 Å². The highest BCUT2D eigenvalue weighted by molar-refractivity contribution is 7.80. The molecule has 1 aromatic rings. The Morgan fingerprint density at radius 3 is 2.78 bits per heavy atom. The average molecular weight is 404 g/mol. The van der Waals surface area contributed by atoms with E-state index in [-0.39, 0.29) is 25.0 Å². The van der Waals surface area contributed by atoms with Crippen LogP contribution in [0.2, 0.25) is 0 Å². The molecule has 27 heavy (non-hydrogen) atoms. The maximum atomic E-state index is 12.6. The fourth-order valence-corrected chi connectivity index (χ4v) is 3.65. The lowest BCUT2D eigenvalue weighted by molar-refractivity contribution is -0.0278. The van der Waals surface area contributed by atoms with Crippen LogP contribution in [0.5, 0.6) is 0 Å². The molecule has 2 fully saturated rings. The van der Waals surface area contributed by atoms with Gasteiger partial charge >= 0.3 is 16.4 Å². The number of hydrogen-bond donors (Lipinski definition) is 3. The van der Waals surface area contributed by atoms with Crippen LogP contribution in [-0.4, -0.2) is 64.3 Å². The maximum absolute atomic E-state index is 12.6. The second-order valence-electron chi connectivity index (χ2n) is 6.67. The average Bonchev–Trinajstić information content (AvgIpc) is 2.97. The summed E-state index contributed by atoms with van der Waals surface area (Å²) in [4.78, 5) is 13.9. The molecule has 1 aliphatic heterocycles. The van der Waals surface area contributed by atoms with E-state index in [0.29, 0.717) is 36.4 Å². The molecule has 2 heterocycles. The molecule has 13 heteroatoms. The van der Waals surface area contributed by atoms with Crippen molar-refractivity contribution in [1.29, 1.82) is 0 Å². The van der Waals surface area contributed by atoms with Crippen molar-refractivity contribution < 1.29 is 26.5 Å². The number of hydrogen-bond acceptors (Lipinski definition) is 9. The standard InChI is InChI=1S/C14H24N6O6S/c1-2-19-11(4-3-5-20(14(19)21)26-27(22,23)24)13-18-17-12(25-13)8-16-10-6-9(15)7-10/h9-11,16H,2-8,15H2,1H3,(H,22,23,24)/t9?,10?,11-/m0/s1. The van der Waals surface area contributed by atoms with E-state index in [4.69, 9.17) is 14.7 Å². The van der Waals surface area contributed by atoms with Crippen LogP contribution >= 0.6 is 0 Å². The Morgan fingerprint density at radius 2 is 2.15 bits per heavy atom. The lowest BCUT2D eigenvalue weighted by Gasteiger charge is -2.32. The molecule has 1 aliphatic carbocycles. The highest BCUT2D eigenvalue weighted by Crippen LogP contribution is 2.29. The number of nitrogens with one attached hydrogen (secondary N) is 1. The number of hydroxylamine groups is 2. The SMILES string of the molecule is CCN1C(=O)N(OS(=O)(=O)O)CCC[C@H]1c1nnc(CNC2CC(N)C2)o1. The Hall–Kier alpha value is -1.80. The van der Waals surface area contributed by atoms with E-state index in [1.165, 1.54) is 4.90 Å². The van der Waals surface area contributed by atoms with Gasteiger partial charge in [-0.25, -0.2) is 4.79 Å². The lowest BCUT2D eigenvalue weighted by Crippen LogP contribution is -2.48. The van der Waals surface area contributed by atoms with Crippen LogP contribution in [0.4, 0.5) is 4.79 Å². The zero-order chi connectivity index (χ0) is 19.6. The highest BCUT2D eigenvalue weighted by Gasteiger charge is 2.36. The maximum Gasteiger partial charge on any atom is 0.418 e. The van der Waals surface area contributed by atoms with E-state index in [0.717, 1.165) is 12.8 Å². The summed E-state index contributed by atoms with van der Waals surface area (Å²) >= 11 is 0. The van der Waals surface area contributed by atoms with Crippen LogP contribution in [0.25, 0.3) is 0 Å². The van der Waals surface area contributed by atoms with Gasteiger partial charge in [0.05, 0.1) is 13.1 Å². The van der Waals surface area contributed by atoms with E-state index in [9.17, 15) is 13.2 Å². The van der Waals surface area contributed by atoms with E-state index < -0.39 is 22.5 Å². The third-order valence-corrected chi connectivity index (χ3v) is 5.05. The van der Waals surface area contributed by atoms with Gasteiger partial charge in [-0.15, -0.1) is 14.5 Å². The fourth-order valence-electron chi connectivity index (χ4n) is 3.28. The number of nitrogens with zero attached hydrogens (tertiary/aromatic N) is 4. The van der Waals surface area contributed by atoms with Crippen LogP contribution in [0.3, 0.4) is 0 Å². The molecule has 3 rings (SSSR count). The molecule has 1 atom stereocenters. The summed E-state index contributed by atoms with van der Waals surface area (Å²) in [6, 6.07) is -0.619. The molecule has 0 radical (unpaired) electrons. The molecule has 152 valence electrons. The van der Waals surface area contributed by atoms with Gasteiger partial charge < -0.3 is 20.4 Å². The Balaban J connectivity index is 1.67. The molecule has 0 unspecified atom stereocenters. The van der Waals surface area contributed by atoms with Crippen LogP contribution in [0.1, 0.15) is 50.4 Å². The van der Waals surface area contributed by atoms with Crippen molar-refractivity contribution in [3.8, 4) is 0 Å². The van der Waals surface area contributed by atoms with Crippen LogP contribution in [-0.2, 0) is 21.2 Å². The normalized spacial score (nSPS) is 26.8. The molecule has 0 bridgehead atoms. The van der Waals surface area contributed by atoms with Gasteiger partial charge in [-0.2, -0.15) is 13.5 Å². The minimum absolute atomic E-state index is 0.0100. The number of aromatic nitrogens is 2. The molecule has 12 nitrogen and oxygen atoms in total. The quantitative estimate of drug-likeness (QED) is 0.525. The number of urea groups is 1. The molecule has 1 saturated carbocycles. The topological polar surface area (TPSA) is 164 Å². The van der Waals surface area contributed by atoms with Gasteiger partial charge in [-0.05, 0) is 32.6 Å². The molecule has 2 aliphatic rings. The zero-order valence-corrected chi connectivity index (χ0v) is 15.8. The first kappa shape index (κ1) is 19.9. The zero-order valence-electron chi connectivity index (χ0n) is 14.9. The third-order valence-electron chi connectivity index (χ3n) is 4.68. The number of rotatable bonds is 7. The summed E-state index contributed by atoms with van der Waals surface area (Å²) in [5.74, 6) is 0.685. The van der Waals surface area contributed by atoms with Crippen LogP contribution in [0, 0.1) is 0 Å². The summed E-state index contributed by atoms with van der Waals surface area (Å²) in [5.41, 5.74) is 5.75. The lowest BCUT2D eigenvalue weighted by atomic mass is 9.88. The Bertz CT molecular complexity index is 764. The molecular formula is C14H24N6O6S. The Labute approximate surface area is 156 Å². The summed E-state index contributed by atoms with van der Waals surface area (Å²) in [5, 5.41) is 12.0. The second-order valence-corrected chi connectivity index (χ2v) is 7.68. The minimum Gasteiger partial charge on any atom is -0.422 e. The van der Waals surface area contributed by atoms with Crippen molar-refractivity contribution in [1.82, 2.24) is 25.5 Å². The van der Waals surface area contributed by atoms with Gasteiger partial charge in [0.2, 0.25) is 11.8 Å². The second kappa shape index (κ2) is 8.06. The first-order valence-electron chi connectivity index (χ1n) is 8.83. The van der Waals surface area contributed by atoms with Crippen molar-refractivity contribution >= 4 is 16.4 Å². The van der Waals surface area contributed by atoms with Crippen molar-refractivity contribution in [3.05, 3.63) is 11.8 Å². The molecule has 1 saturated heterocycles. The molecular weight excluding hydrogens is 380 g/mol. The summed E-state index contributed by atoms with van der Waals surface area (Å²) in [6.45, 7) is 2.43. The van der Waals surface area contributed by atoms with E-state index in [1.54, 1.807) is 6.92 Å². The van der Waals surface area contributed by atoms with Gasteiger partial charge in [0.1, 0.15) is 6.04 Å². The first-order chi connectivity index (χ1) is 12.8. The molecule has 2 amide bonds. The van der Waals surface area contributed by atoms with Gasteiger partial charge in [-0.1, -0.05) is 0 Å². The molecule has 0 spiro atoms. The number of nitrogens with two attached hydrogens (primary N) is 1. The Morgan fingerprint density at radius 1 is 1.41 bits per heavy atom.